The van der Waals surface area contributed by atoms with Gasteiger partial charge in [0.2, 0.25) is 11.8 Å². The van der Waals surface area contributed by atoms with E-state index >= 15 is 0 Å². The summed E-state index contributed by atoms with van der Waals surface area (Å²) in [5.74, 6) is -0.241. The van der Waals surface area contributed by atoms with Crippen molar-refractivity contribution in [3.63, 3.8) is 0 Å². The molecule has 0 saturated carbocycles. The molecule has 1 fully saturated rings. The molecule has 2 amide bonds. The number of carbonyl (C=O) groups is 2. The summed E-state index contributed by atoms with van der Waals surface area (Å²) in [5.41, 5.74) is 7.16. The molecule has 2 heterocycles. The van der Waals surface area contributed by atoms with Crippen LogP contribution in [0.4, 0.5) is 5.69 Å². The molecule has 1 aromatic carbocycles. The smallest absolute Gasteiger partial charge is 0.245 e. The molecule has 5 heteroatoms. The number of fused-ring (bicyclic) bond motifs is 1. The predicted molar refractivity (Wildman–Crippen MR) is 80.7 cm³/mol. The van der Waals surface area contributed by atoms with Crippen LogP contribution in [0.25, 0.3) is 0 Å². The Kier molecular flexibility index (Phi) is 3.35. The van der Waals surface area contributed by atoms with Gasteiger partial charge >= 0.3 is 0 Å². The number of likely N-dealkylation sites (tertiary alicyclic amines) is 1. The summed E-state index contributed by atoms with van der Waals surface area (Å²) < 4.78 is 0. The summed E-state index contributed by atoms with van der Waals surface area (Å²) in [5, 5.41) is 3.32. The number of primary amides is 1. The lowest BCUT2D eigenvalue weighted by Crippen LogP contribution is -2.45. The standard InChI is InChI=1S/C16H21N3O2/c1-16(15(17)21)8-9-19(10-16)14(20)13-7-6-11-4-2-3-5-12(11)18-13/h2-5,13,18H,6-10H2,1H3,(H2,17,21). The van der Waals surface area contributed by atoms with Crippen molar-refractivity contribution in [3.8, 4) is 0 Å². The summed E-state index contributed by atoms with van der Waals surface area (Å²) in [6.45, 7) is 2.88. The minimum absolute atomic E-state index is 0.0782. The van der Waals surface area contributed by atoms with Crippen LogP contribution in [0.1, 0.15) is 25.3 Å². The van der Waals surface area contributed by atoms with Gasteiger partial charge in [-0.05, 0) is 37.8 Å². The maximum absolute atomic E-state index is 12.6. The van der Waals surface area contributed by atoms with E-state index in [1.165, 1.54) is 5.56 Å². The maximum Gasteiger partial charge on any atom is 0.245 e. The first kappa shape index (κ1) is 13.9. The number of hydrogen-bond donors (Lipinski definition) is 2. The molecule has 0 aromatic heterocycles. The van der Waals surface area contributed by atoms with Crippen LogP contribution in [-0.2, 0) is 16.0 Å². The normalized spacial score (nSPS) is 27.9. The topological polar surface area (TPSA) is 75.4 Å². The molecule has 1 aromatic rings. The average Bonchev–Trinajstić information content (AvgIpc) is 2.90. The highest BCUT2D eigenvalue weighted by Gasteiger charge is 2.42. The Morgan fingerprint density at radius 2 is 2.14 bits per heavy atom. The largest absolute Gasteiger partial charge is 0.373 e. The third-order valence-electron chi connectivity index (χ3n) is 4.73. The van der Waals surface area contributed by atoms with Crippen molar-refractivity contribution in [3.05, 3.63) is 29.8 Å². The summed E-state index contributed by atoms with van der Waals surface area (Å²) in [7, 11) is 0. The average molecular weight is 287 g/mol. The van der Waals surface area contributed by atoms with Crippen molar-refractivity contribution < 1.29 is 9.59 Å². The van der Waals surface area contributed by atoms with Crippen LogP contribution >= 0.6 is 0 Å². The number of nitrogens with one attached hydrogen (secondary N) is 1. The monoisotopic (exact) mass is 287 g/mol. The third-order valence-corrected chi connectivity index (χ3v) is 4.73. The van der Waals surface area contributed by atoms with Crippen LogP contribution in [0.5, 0.6) is 0 Å². The first-order chi connectivity index (χ1) is 9.99. The number of carbonyl (C=O) groups excluding carboxylic acids is 2. The number of hydrogen-bond acceptors (Lipinski definition) is 3. The van der Waals surface area contributed by atoms with E-state index in [4.69, 9.17) is 5.73 Å². The van der Waals surface area contributed by atoms with E-state index in [1.807, 2.05) is 25.1 Å². The quantitative estimate of drug-likeness (QED) is 0.856. The Bertz CT molecular complexity index is 587. The van der Waals surface area contributed by atoms with Gasteiger partial charge in [0.15, 0.2) is 0 Å². The Labute approximate surface area is 124 Å². The zero-order valence-electron chi connectivity index (χ0n) is 12.3. The van der Waals surface area contributed by atoms with Crippen LogP contribution in [0.15, 0.2) is 24.3 Å². The molecular weight excluding hydrogens is 266 g/mol. The molecule has 0 aliphatic carbocycles. The lowest BCUT2D eigenvalue weighted by atomic mass is 9.89. The molecule has 2 aliphatic heterocycles. The van der Waals surface area contributed by atoms with Crippen LogP contribution < -0.4 is 11.1 Å². The van der Waals surface area contributed by atoms with E-state index < -0.39 is 5.41 Å². The number of rotatable bonds is 2. The van der Waals surface area contributed by atoms with E-state index in [9.17, 15) is 9.59 Å². The zero-order chi connectivity index (χ0) is 15.0. The molecule has 3 N–H and O–H groups in total. The van der Waals surface area contributed by atoms with E-state index in [0.717, 1.165) is 18.5 Å². The first-order valence-electron chi connectivity index (χ1n) is 7.43. The molecule has 1 saturated heterocycles. The molecule has 5 nitrogen and oxygen atoms in total. The Hall–Kier alpha value is -2.04. The van der Waals surface area contributed by atoms with Crippen LogP contribution in [-0.4, -0.2) is 35.8 Å². The van der Waals surface area contributed by atoms with Gasteiger partial charge in [-0.3, -0.25) is 9.59 Å². The highest BCUT2D eigenvalue weighted by molar-refractivity contribution is 5.88. The predicted octanol–water partition coefficient (Wildman–Crippen LogP) is 1.14. The SMILES string of the molecule is CC1(C(N)=O)CCN(C(=O)C2CCc3ccccc3N2)C1. The van der Waals surface area contributed by atoms with Gasteiger partial charge in [0.05, 0.1) is 5.41 Å². The molecule has 2 unspecified atom stereocenters. The lowest BCUT2D eigenvalue weighted by Gasteiger charge is -2.30. The molecule has 0 radical (unpaired) electrons. The number of para-hydroxylation sites is 1. The second kappa shape index (κ2) is 5.06. The van der Waals surface area contributed by atoms with Crippen LogP contribution in [0.3, 0.4) is 0 Å². The maximum atomic E-state index is 12.6. The molecule has 112 valence electrons. The second-order valence-electron chi connectivity index (χ2n) is 6.33. The van der Waals surface area contributed by atoms with Gasteiger partial charge in [0.1, 0.15) is 6.04 Å². The molecule has 21 heavy (non-hydrogen) atoms. The lowest BCUT2D eigenvalue weighted by molar-refractivity contribution is -0.132. The van der Waals surface area contributed by atoms with Crippen molar-refractivity contribution in [1.82, 2.24) is 4.90 Å². The second-order valence-corrected chi connectivity index (χ2v) is 6.33. The van der Waals surface area contributed by atoms with Crippen molar-refractivity contribution >= 4 is 17.5 Å². The molecular formula is C16H21N3O2. The number of nitrogens with zero attached hydrogens (tertiary/aromatic N) is 1. The fraction of sp³-hybridized carbons (Fsp3) is 0.500. The number of aryl methyl sites for hydroxylation is 1. The summed E-state index contributed by atoms with van der Waals surface area (Å²) in [6, 6.07) is 7.88. The molecule has 2 aliphatic rings. The summed E-state index contributed by atoms with van der Waals surface area (Å²) in [6.07, 6.45) is 2.34. The van der Waals surface area contributed by atoms with Crippen molar-refractivity contribution in [2.45, 2.75) is 32.2 Å². The van der Waals surface area contributed by atoms with Crippen molar-refractivity contribution in [2.24, 2.45) is 11.1 Å². The van der Waals surface area contributed by atoms with Gasteiger partial charge in [-0.1, -0.05) is 18.2 Å². The zero-order valence-corrected chi connectivity index (χ0v) is 12.3. The van der Waals surface area contributed by atoms with Gasteiger partial charge in [0.25, 0.3) is 0 Å². The van der Waals surface area contributed by atoms with E-state index in [2.05, 4.69) is 11.4 Å². The Morgan fingerprint density at radius 3 is 2.86 bits per heavy atom. The van der Waals surface area contributed by atoms with Gasteiger partial charge in [-0.25, -0.2) is 0 Å². The highest BCUT2D eigenvalue weighted by Crippen LogP contribution is 2.31. The molecule has 2 atom stereocenters. The number of benzene rings is 1. The Balaban J connectivity index is 1.69. The van der Waals surface area contributed by atoms with Crippen LogP contribution in [0, 0.1) is 5.41 Å². The van der Waals surface area contributed by atoms with E-state index in [0.29, 0.717) is 19.5 Å². The summed E-state index contributed by atoms with van der Waals surface area (Å²) in [4.78, 5) is 25.9. The molecule has 0 bridgehead atoms. The number of amides is 2. The molecule has 3 rings (SSSR count). The minimum atomic E-state index is -0.581. The van der Waals surface area contributed by atoms with E-state index in [-0.39, 0.29) is 17.9 Å². The fourth-order valence-corrected chi connectivity index (χ4v) is 3.19. The number of anilines is 1. The number of nitrogens with two attached hydrogens (primary N) is 1. The van der Waals surface area contributed by atoms with Crippen molar-refractivity contribution in [1.29, 1.82) is 0 Å². The van der Waals surface area contributed by atoms with Gasteiger partial charge < -0.3 is 16.0 Å². The minimum Gasteiger partial charge on any atom is -0.373 e. The van der Waals surface area contributed by atoms with E-state index in [1.54, 1.807) is 4.90 Å². The van der Waals surface area contributed by atoms with Gasteiger partial charge in [-0.2, -0.15) is 0 Å². The first-order valence-corrected chi connectivity index (χ1v) is 7.43. The summed E-state index contributed by atoms with van der Waals surface area (Å²) >= 11 is 0. The van der Waals surface area contributed by atoms with Gasteiger partial charge in [0, 0.05) is 18.8 Å². The highest BCUT2D eigenvalue weighted by atomic mass is 16.2. The molecule has 0 spiro atoms. The fourth-order valence-electron chi connectivity index (χ4n) is 3.19. The Morgan fingerprint density at radius 1 is 1.38 bits per heavy atom. The third kappa shape index (κ3) is 2.48. The van der Waals surface area contributed by atoms with Crippen LogP contribution in [0.2, 0.25) is 0 Å². The van der Waals surface area contributed by atoms with Gasteiger partial charge in [-0.15, -0.1) is 0 Å². The van der Waals surface area contributed by atoms with Crippen molar-refractivity contribution in [2.75, 3.05) is 18.4 Å².